The van der Waals surface area contributed by atoms with Gasteiger partial charge in [-0.05, 0) is 65.8 Å². The first-order valence-corrected chi connectivity index (χ1v) is 12.0. The van der Waals surface area contributed by atoms with E-state index in [0.717, 1.165) is 47.1 Å². The number of methoxy groups -OCH3 is 1. The lowest BCUT2D eigenvalue weighted by molar-refractivity contribution is 0.0994. The summed E-state index contributed by atoms with van der Waals surface area (Å²) in [7, 11) is 1.76. The van der Waals surface area contributed by atoms with Crippen molar-refractivity contribution in [1.29, 1.82) is 0 Å². The summed E-state index contributed by atoms with van der Waals surface area (Å²) in [6.45, 7) is 13.3. The van der Waals surface area contributed by atoms with Gasteiger partial charge in [0.1, 0.15) is 5.75 Å². The zero-order valence-electron chi connectivity index (χ0n) is 19.8. The maximum absolute atomic E-state index is 12.5. The van der Waals surface area contributed by atoms with Gasteiger partial charge < -0.3 is 4.74 Å². The first-order valence-electron chi connectivity index (χ1n) is 12.0. The summed E-state index contributed by atoms with van der Waals surface area (Å²) in [5, 5.41) is 0. The highest BCUT2D eigenvalue weighted by Crippen LogP contribution is 2.55. The summed E-state index contributed by atoms with van der Waals surface area (Å²) in [6, 6.07) is 8.77. The Bertz CT molecular complexity index is 1030. The molecule has 0 aromatic heterocycles. The van der Waals surface area contributed by atoms with Crippen LogP contribution in [0.2, 0.25) is 0 Å². The molecule has 2 heteroatoms. The highest BCUT2D eigenvalue weighted by atomic mass is 16.5. The summed E-state index contributed by atoms with van der Waals surface area (Å²) in [5.41, 5.74) is 9.47. The van der Waals surface area contributed by atoms with Crippen molar-refractivity contribution >= 4 is 11.4 Å². The molecular formula is C29H36O2. The van der Waals surface area contributed by atoms with Crippen LogP contribution in [-0.2, 0) is 6.42 Å². The van der Waals surface area contributed by atoms with Crippen molar-refractivity contribution in [2.24, 2.45) is 11.8 Å². The van der Waals surface area contributed by atoms with E-state index in [-0.39, 0.29) is 5.78 Å². The lowest BCUT2D eigenvalue weighted by atomic mass is 9.82. The first kappa shape index (κ1) is 21.9. The number of ketones is 1. The summed E-state index contributed by atoms with van der Waals surface area (Å²) in [5.74, 6) is 3.08. The molecule has 2 nitrogen and oxygen atoms in total. The number of ether oxygens (including phenoxy) is 1. The molecule has 2 aromatic rings. The van der Waals surface area contributed by atoms with Gasteiger partial charge in [0.15, 0.2) is 5.78 Å². The number of benzene rings is 2. The summed E-state index contributed by atoms with van der Waals surface area (Å²) >= 11 is 0. The van der Waals surface area contributed by atoms with Gasteiger partial charge in [0.05, 0.1) is 7.11 Å². The average molecular weight is 417 g/mol. The van der Waals surface area contributed by atoms with Crippen molar-refractivity contribution in [3.8, 4) is 16.9 Å². The Morgan fingerprint density at radius 2 is 1.77 bits per heavy atom. The van der Waals surface area contributed by atoms with E-state index in [1.54, 1.807) is 7.11 Å². The van der Waals surface area contributed by atoms with Gasteiger partial charge in [0, 0.05) is 29.0 Å². The number of rotatable bonds is 8. The fourth-order valence-electron chi connectivity index (χ4n) is 6.08. The van der Waals surface area contributed by atoms with Gasteiger partial charge in [0.25, 0.3) is 0 Å². The summed E-state index contributed by atoms with van der Waals surface area (Å²) in [4.78, 5) is 12.5. The van der Waals surface area contributed by atoms with Gasteiger partial charge in [-0.2, -0.15) is 0 Å². The van der Waals surface area contributed by atoms with Crippen molar-refractivity contribution in [1.82, 2.24) is 0 Å². The van der Waals surface area contributed by atoms with Crippen molar-refractivity contribution in [2.45, 2.75) is 72.1 Å². The molecule has 0 bridgehead atoms. The topological polar surface area (TPSA) is 26.3 Å². The van der Waals surface area contributed by atoms with Gasteiger partial charge >= 0.3 is 0 Å². The molecule has 2 aliphatic carbocycles. The molecule has 164 valence electrons. The quantitative estimate of drug-likeness (QED) is 0.438. The lowest BCUT2D eigenvalue weighted by Gasteiger charge is -2.23. The van der Waals surface area contributed by atoms with Crippen molar-refractivity contribution < 1.29 is 9.53 Å². The second-order valence-corrected chi connectivity index (χ2v) is 9.55. The predicted octanol–water partition coefficient (Wildman–Crippen LogP) is 7.82. The molecule has 0 fully saturated rings. The third-order valence-corrected chi connectivity index (χ3v) is 7.87. The van der Waals surface area contributed by atoms with Crippen LogP contribution in [0.4, 0.5) is 0 Å². The van der Waals surface area contributed by atoms with Crippen molar-refractivity contribution in [3.05, 3.63) is 58.7 Å². The van der Waals surface area contributed by atoms with E-state index in [0.29, 0.717) is 12.3 Å². The molecule has 0 N–H and O–H groups in total. The molecule has 0 spiro atoms. The SMILES string of the molecule is C=C(C)c1ccc2c(c1OC)-c1c(ccc3c1CCC3=O)C2CCC(C)C(CC)CC. The van der Waals surface area contributed by atoms with E-state index in [2.05, 4.69) is 51.6 Å². The van der Waals surface area contributed by atoms with Crippen molar-refractivity contribution in [3.63, 3.8) is 0 Å². The normalized spacial score (nSPS) is 17.5. The molecule has 0 amide bonds. The second kappa shape index (κ2) is 8.65. The maximum atomic E-state index is 12.5. The molecule has 4 rings (SSSR count). The third kappa shape index (κ3) is 3.54. The van der Waals surface area contributed by atoms with Crippen LogP contribution in [0.5, 0.6) is 5.75 Å². The number of Topliss-reactive ketones (excluding diaryl/α,β-unsaturated/α-hetero) is 1. The zero-order chi connectivity index (χ0) is 22.3. The van der Waals surface area contributed by atoms with Crippen LogP contribution in [0.25, 0.3) is 16.7 Å². The summed E-state index contributed by atoms with van der Waals surface area (Å²) in [6.07, 6.45) is 6.33. The molecule has 0 saturated carbocycles. The van der Waals surface area contributed by atoms with Crippen LogP contribution in [0.15, 0.2) is 30.8 Å². The van der Waals surface area contributed by atoms with Crippen LogP contribution < -0.4 is 4.74 Å². The zero-order valence-corrected chi connectivity index (χ0v) is 19.8. The highest BCUT2D eigenvalue weighted by molar-refractivity contribution is 6.04. The Kier molecular flexibility index (Phi) is 6.10. The molecule has 2 aromatic carbocycles. The van der Waals surface area contributed by atoms with Gasteiger partial charge in [-0.15, -0.1) is 0 Å². The lowest BCUT2D eigenvalue weighted by Crippen LogP contribution is -2.11. The molecule has 0 radical (unpaired) electrons. The first-order chi connectivity index (χ1) is 14.9. The molecule has 2 unspecified atom stereocenters. The number of fused-ring (bicyclic) bond motifs is 5. The van der Waals surface area contributed by atoms with E-state index in [1.165, 1.54) is 47.1 Å². The van der Waals surface area contributed by atoms with Crippen LogP contribution in [0.3, 0.4) is 0 Å². The van der Waals surface area contributed by atoms with E-state index >= 15 is 0 Å². The van der Waals surface area contributed by atoms with Crippen LogP contribution in [0, 0.1) is 11.8 Å². The molecule has 2 aliphatic rings. The van der Waals surface area contributed by atoms with E-state index < -0.39 is 0 Å². The Balaban J connectivity index is 1.84. The van der Waals surface area contributed by atoms with Crippen molar-refractivity contribution in [2.75, 3.05) is 7.11 Å². The fourth-order valence-corrected chi connectivity index (χ4v) is 6.08. The minimum atomic E-state index is 0.278. The fraction of sp³-hybridized carbons (Fsp3) is 0.483. The monoisotopic (exact) mass is 416 g/mol. The van der Waals surface area contributed by atoms with Crippen LogP contribution in [0.1, 0.15) is 98.3 Å². The Hall–Kier alpha value is -2.35. The van der Waals surface area contributed by atoms with Gasteiger partial charge in [0.2, 0.25) is 0 Å². The number of carbonyl (C=O) groups is 1. The second-order valence-electron chi connectivity index (χ2n) is 9.55. The number of carbonyl (C=O) groups excluding carboxylic acids is 1. The Labute approximate surface area is 187 Å². The average Bonchev–Trinajstić information content (AvgIpc) is 3.30. The van der Waals surface area contributed by atoms with Crippen LogP contribution >= 0.6 is 0 Å². The minimum absolute atomic E-state index is 0.278. The third-order valence-electron chi connectivity index (χ3n) is 7.87. The van der Waals surface area contributed by atoms with Crippen LogP contribution in [-0.4, -0.2) is 12.9 Å². The Morgan fingerprint density at radius 3 is 2.42 bits per heavy atom. The molecular weight excluding hydrogens is 380 g/mol. The summed E-state index contributed by atoms with van der Waals surface area (Å²) < 4.78 is 5.99. The standard InChI is InChI=1S/C29H36O2/c1-7-19(8-2)18(5)9-10-21-23-14-12-22-25(15-16-26(22)30)27(23)28-24(21)13-11-20(17(3)4)29(28)31-6/h11-14,18-19,21H,3,7-10,15-16H2,1-2,4-6H3. The maximum Gasteiger partial charge on any atom is 0.163 e. The molecule has 0 aliphatic heterocycles. The number of hydrogen-bond acceptors (Lipinski definition) is 2. The van der Waals surface area contributed by atoms with Gasteiger partial charge in [-0.25, -0.2) is 0 Å². The van der Waals surface area contributed by atoms with E-state index in [9.17, 15) is 4.79 Å². The molecule has 31 heavy (non-hydrogen) atoms. The van der Waals surface area contributed by atoms with E-state index in [4.69, 9.17) is 4.74 Å². The Morgan fingerprint density at radius 1 is 1.10 bits per heavy atom. The molecule has 0 heterocycles. The van der Waals surface area contributed by atoms with E-state index in [1.807, 2.05) is 6.92 Å². The highest BCUT2D eigenvalue weighted by Gasteiger charge is 2.37. The van der Waals surface area contributed by atoms with Gasteiger partial charge in [-0.3, -0.25) is 4.79 Å². The smallest absolute Gasteiger partial charge is 0.163 e. The minimum Gasteiger partial charge on any atom is -0.495 e. The molecule has 0 saturated heterocycles. The predicted molar refractivity (Wildman–Crippen MR) is 130 cm³/mol. The number of allylic oxidation sites excluding steroid dienone is 1. The van der Waals surface area contributed by atoms with Gasteiger partial charge in [-0.1, -0.05) is 64.5 Å². The number of hydrogen-bond donors (Lipinski definition) is 0. The molecule has 2 atom stereocenters. The largest absolute Gasteiger partial charge is 0.495 e.